The van der Waals surface area contributed by atoms with E-state index in [0.717, 1.165) is 36.8 Å². The molecule has 0 bridgehead atoms. The molecule has 4 nitrogen and oxygen atoms in total. The number of benzene rings is 2. The van der Waals surface area contributed by atoms with Crippen molar-refractivity contribution in [2.24, 2.45) is 0 Å². The summed E-state index contributed by atoms with van der Waals surface area (Å²) in [6.45, 7) is 1.97. The van der Waals surface area contributed by atoms with Crippen molar-refractivity contribution in [1.82, 2.24) is 10.2 Å². The predicted molar refractivity (Wildman–Crippen MR) is 122 cm³/mol. The zero-order chi connectivity index (χ0) is 21.7. The number of amides is 2. The van der Waals surface area contributed by atoms with Crippen molar-refractivity contribution in [2.45, 2.75) is 57.7 Å². The molecule has 0 spiro atoms. The van der Waals surface area contributed by atoms with Crippen molar-refractivity contribution in [2.75, 3.05) is 0 Å². The van der Waals surface area contributed by atoms with Crippen LogP contribution >= 0.6 is 34.8 Å². The van der Waals surface area contributed by atoms with Gasteiger partial charge in [0.25, 0.3) is 0 Å². The molecular formula is C23H25Cl3N2O2. The van der Waals surface area contributed by atoms with Gasteiger partial charge in [-0.15, -0.1) is 0 Å². The maximum Gasteiger partial charge on any atom is 0.242 e. The van der Waals surface area contributed by atoms with E-state index in [2.05, 4.69) is 5.32 Å². The van der Waals surface area contributed by atoms with Gasteiger partial charge in [0.1, 0.15) is 6.04 Å². The van der Waals surface area contributed by atoms with Gasteiger partial charge in [-0.3, -0.25) is 9.59 Å². The van der Waals surface area contributed by atoms with E-state index in [0.29, 0.717) is 15.1 Å². The lowest BCUT2D eigenvalue weighted by molar-refractivity contribution is -0.140. The summed E-state index contributed by atoms with van der Waals surface area (Å²) in [6.07, 6.45) is 4.36. The van der Waals surface area contributed by atoms with E-state index in [-0.39, 0.29) is 30.8 Å². The fraction of sp³-hybridized carbons (Fsp3) is 0.391. The molecule has 1 saturated carbocycles. The van der Waals surface area contributed by atoms with Crippen LogP contribution in [0.1, 0.15) is 43.7 Å². The molecule has 2 aromatic carbocycles. The summed E-state index contributed by atoms with van der Waals surface area (Å²) in [4.78, 5) is 27.7. The third-order valence-corrected chi connectivity index (χ3v) is 6.29. The van der Waals surface area contributed by atoms with E-state index < -0.39 is 6.04 Å². The Kier molecular flexibility index (Phi) is 8.04. The topological polar surface area (TPSA) is 49.4 Å². The van der Waals surface area contributed by atoms with E-state index >= 15 is 0 Å². The zero-order valence-electron chi connectivity index (χ0n) is 16.8. The Balaban J connectivity index is 1.80. The first kappa shape index (κ1) is 22.9. The first-order chi connectivity index (χ1) is 14.3. The van der Waals surface area contributed by atoms with E-state index in [1.54, 1.807) is 42.2 Å². The summed E-state index contributed by atoms with van der Waals surface area (Å²) in [5.41, 5.74) is 1.53. The van der Waals surface area contributed by atoms with Crippen LogP contribution in [0, 0.1) is 0 Å². The smallest absolute Gasteiger partial charge is 0.242 e. The van der Waals surface area contributed by atoms with Crippen molar-refractivity contribution in [3.8, 4) is 0 Å². The first-order valence-corrected chi connectivity index (χ1v) is 11.2. The van der Waals surface area contributed by atoms with Gasteiger partial charge in [-0.25, -0.2) is 0 Å². The number of hydrogen-bond donors (Lipinski definition) is 1. The minimum atomic E-state index is -0.635. The van der Waals surface area contributed by atoms with Gasteiger partial charge in [0.05, 0.1) is 6.42 Å². The maximum absolute atomic E-state index is 13.2. The van der Waals surface area contributed by atoms with Crippen molar-refractivity contribution < 1.29 is 9.59 Å². The minimum Gasteiger partial charge on any atom is -0.352 e. The monoisotopic (exact) mass is 466 g/mol. The minimum absolute atomic E-state index is 0.146. The second kappa shape index (κ2) is 10.5. The highest BCUT2D eigenvalue weighted by Crippen LogP contribution is 2.24. The van der Waals surface area contributed by atoms with Crippen LogP contribution in [0.15, 0.2) is 42.5 Å². The number of nitrogens with zero attached hydrogens (tertiary/aromatic N) is 1. The third kappa shape index (κ3) is 6.13. The Morgan fingerprint density at radius 2 is 1.77 bits per heavy atom. The van der Waals surface area contributed by atoms with Crippen molar-refractivity contribution in [3.05, 3.63) is 68.7 Å². The Bertz CT molecular complexity index is 913. The molecule has 30 heavy (non-hydrogen) atoms. The molecule has 3 rings (SSSR count). The van der Waals surface area contributed by atoms with Crippen molar-refractivity contribution in [1.29, 1.82) is 0 Å². The summed E-state index contributed by atoms with van der Waals surface area (Å²) in [6, 6.07) is 11.9. The SMILES string of the molecule is CC(C(=O)NC1CCCC1)N(Cc1ccc(Cl)cc1Cl)C(=O)Cc1cccc(Cl)c1. The quantitative estimate of drug-likeness (QED) is 0.571. The lowest BCUT2D eigenvalue weighted by atomic mass is 10.1. The van der Waals surface area contributed by atoms with Crippen LogP contribution in [-0.2, 0) is 22.6 Å². The summed E-state index contributed by atoms with van der Waals surface area (Å²) in [5.74, 6) is -0.316. The van der Waals surface area contributed by atoms with Gasteiger partial charge in [-0.2, -0.15) is 0 Å². The van der Waals surface area contributed by atoms with Gasteiger partial charge < -0.3 is 10.2 Å². The van der Waals surface area contributed by atoms with Gasteiger partial charge in [0.15, 0.2) is 0 Å². The molecule has 0 saturated heterocycles. The molecule has 2 amide bonds. The zero-order valence-corrected chi connectivity index (χ0v) is 19.1. The number of carbonyl (C=O) groups excluding carboxylic acids is 2. The predicted octanol–water partition coefficient (Wildman–Crippen LogP) is 5.67. The fourth-order valence-corrected chi connectivity index (χ4v) is 4.41. The standard InChI is InChI=1S/C23H25Cl3N2O2/c1-15(23(30)27-20-7-2-3-8-20)28(14-17-9-10-19(25)13-21(17)26)22(29)12-16-5-4-6-18(24)11-16/h4-6,9-11,13,15,20H,2-3,7-8,12,14H2,1H3,(H,27,30). The van der Waals surface area contributed by atoms with Gasteiger partial charge in [0, 0.05) is 27.7 Å². The number of nitrogens with one attached hydrogen (secondary N) is 1. The number of hydrogen-bond acceptors (Lipinski definition) is 2. The molecule has 0 radical (unpaired) electrons. The second-order valence-corrected chi connectivity index (χ2v) is 9.01. The largest absolute Gasteiger partial charge is 0.352 e. The number of rotatable bonds is 7. The second-order valence-electron chi connectivity index (χ2n) is 7.73. The van der Waals surface area contributed by atoms with Gasteiger partial charge >= 0.3 is 0 Å². The third-order valence-electron chi connectivity index (χ3n) is 5.47. The molecule has 7 heteroatoms. The van der Waals surface area contributed by atoms with E-state index in [9.17, 15) is 9.59 Å². The molecule has 0 aliphatic heterocycles. The molecule has 1 N–H and O–H groups in total. The summed E-state index contributed by atoms with van der Waals surface area (Å²) in [7, 11) is 0. The average molecular weight is 468 g/mol. The molecule has 1 fully saturated rings. The number of halogens is 3. The van der Waals surface area contributed by atoms with Gasteiger partial charge in [0.2, 0.25) is 11.8 Å². The van der Waals surface area contributed by atoms with E-state index in [4.69, 9.17) is 34.8 Å². The van der Waals surface area contributed by atoms with E-state index in [1.807, 2.05) is 12.1 Å². The lowest BCUT2D eigenvalue weighted by Crippen LogP contribution is -2.50. The molecule has 0 heterocycles. The van der Waals surface area contributed by atoms with Crippen molar-refractivity contribution >= 4 is 46.6 Å². The highest BCUT2D eigenvalue weighted by molar-refractivity contribution is 6.35. The Hall–Kier alpha value is -1.75. The van der Waals surface area contributed by atoms with Crippen molar-refractivity contribution in [3.63, 3.8) is 0 Å². The molecule has 1 aliphatic rings. The molecule has 1 atom stereocenters. The highest BCUT2D eigenvalue weighted by Gasteiger charge is 2.29. The van der Waals surface area contributed by atoms with Gasteiger partial charge in [-0.05, 0) is 55.2 Å². The van der Waals surface area contributed by atoms with Crippen LogP contribution < -0.4 is 5.32 Å². The van der Waals surface area contributed by atoms with Crippen LogP contribution in [0.3, 0.4) is 0 Å². The molecule has 160 valence electrons. The molecule has 1 unspecified atom stereocenters. The van der Waals surface area contributed by atoms with Crippen LogP contribution in [0.25, 0.3) is 0 Å². The fourth-order valence-electron chi connectivity index (χ4n) is 3.73. The summed E-state index contributed by atoms with van der Waals surface area (Å²) < 4.78 is 0. The Morgan fingerprint density at radius 3 is 2.43 bits per heavy atom. The van der Waals surface area contributed by atoms with E-state index in [1.165, 1.54) is 0 Å². The number of carbonyl (C=O) groups is 2. The average Bonchev–Trinajstić information content (AvgIpc) is 3.20. The summed E-state index contributed by atoms with van der Waals surface area (Å²) in [5, 5.41) is 4.64. The van der Waals surface area contributed by atoms with Crippen LogP contribution in [-0.4, -0.2) is 28.8 Å². The molecule has 1 aliphatic carbocycles. The highest BCUT2D eigenvalue weighted by atomic mass is 35.5. The Morgan fingerprint density at radius 1 is 1.07 bits per heavy atom. The molecular weight excluding hydrogens is 443 g/mol. The maximum atomic E-state index is 13.2. The normalized spacial score (nSPS) is 15.1. The Labute approximate surface area is 192 Å². The molecule has 2 aromatic rings. The first-order valence-electron chi connectivity index (χ1n) is 10.1. The lowest BCUT2D eigenvalue weighted by Gasteiger charge is -2.30. The van der Waals surface area contributed by atoms with Gasteiger partial charge in [-0.1, -0.05) is 65.8 Å². The van der Waals surface area contributed by atoms with Crippen LogP contribution in [0.2, 0.25) is 15.1 Å². The molecule has 0 aromatic heterocycles. The van der Waals surface area contributed by atoms with Crippen LogP contribution in [0.5, 0.6) is 0 Å². The van der Waals surface area contributed by atoms with Crippen LogP contribution in [0.4, 0.5) is 0 Å². The summed E-state index contributed by atoms with van der Waals surface area (Å²) >= 11 is 18.4.